The molecule has 0 aliphatic heterocycles. The van der Waals surface area contributed by atoms with E-state index < -0.39 is 0 Å². The first-order valence-electron chi connectivity index (χ1n) is 6.17. The number of aromatic nitrogens is 2. The second-order valence-corrected chi connectivity index (χ2v) is 5.90. The largest absolute Gasteiger partial charge is 0.376 e. The summed E-state index contributed by atoms with van der Waals surface area (Å²) in [5, 5.41) is 11.6. The van der Waals surface area contributed by atoms with Crippen molar-refractivity contribution in [3.8, 4) is 0 Å². The van der Waals surface area contributed by atoms with Crippen LogP contribution in [0.2, 0.25) is 0 Å². The topological polar surface area (TPSA) is 46.9 Å². The molecular formula is C13H16BrN3OS. The monoisotopic (exact) mass is 341 g/mol. The lowest BCUT2D eigenvalue weighted by molar-refractivity contribution is 0.565. The van der Waals surface area contributed by atoms with Gasteiger partial charge in [-0.3, -0.25) is 4.79 Å². The van der Waals surface area contributed by atoms with Gasteiger partial charge in [0.1, 0.15) is 4.47 Å². The van der Waals surface area contributed by atoms with Gasteiger partial charge in [-0.2, -0.15) is 16.4 Å². The van der Waals surface area contributed by atoms with Gasteiger partial charge in [0.25, 0.3) is 5.56 Å². The van der Waals surface area contributed by atoms with Gasteiger partial charge in [0.2, 0.25) is 0 Å². The van der Waals surface area contributed by atoms with E-state index in [-0.39, 0.29) is 11.6 Å². The first-order valence-corrected chi connectivity index (χ1v) is 7.91. The van der Waals surface area contributed by atoms with Crippen molar-refractivity contribution in [1.29, 1.82) is 0 Å². The summed E-state index contributed by atoms with van der Waals surface area (Å²) in [5.41, 5.74) is 1.84. The maximum absolute atomic E-state index is 12.1. The van der Waals surface area contributed by atoms with E-state index in [0.29, 0.717) is 11.0 Å². The molecule has 2 aromatic heterocycles. The third kappa shape index (κ3) is 3.25. The van der Waals surface area contributed by atoms with Crippen LogP contribution in [0, 0.1) is 0 Å². The molecule has 0 fully saturated rings. The summed E-state index contributed by atoms with van der Waals surface area (Å²) in [6, 6.07) is 2.22. The van der Waals surface area contributed by atoms with Crippen molar-refractivity contribution in [3.63, 3.8) is 0 Å². The van der Waals surface area contributed by atoms with Gasteiger partial charge in [0, 0.05) is 12.6 Å². The Bertz CT molecular complexity index is 594. The highest BCUT2D eigenvalue weighted by Crippen LogP contribution is 2.24. The molecule has 102 valence electrons. The first-order chi connectivity index (χ1) is 9.13. The number of nitrogens with zero attached hydrogens (tertiary/aromatic N) is 2. The van der Waals surface area contributed by atoms with E-state index >= 15 is 0 Å². The number of rotatable bonds is 5. The fraction of sp³-hybridized carbons (Fsp3) is 0.385. The third-order valence-electron chi connectivity index (χ3n) is 2.84. The average Bonchev–Trinajstić information content (AvgIpc) is 2.92. The maximum Gasteiger partial charge on any atom is 0.283 e. The second-order valence-electron chi connectivity index (χ2n) is 4.32. The van der Waals surface area contributed by atoms with Crippen molar-refractivity contribution in [2.75, 3.05) is 5.32 Å². The SMILES string of the molecule is CCCn1ncc(NC(C)c2ccsc2)c(Br)c1=O. The zero-order valence-electron chi connectivity index (χ0n) is 10.9. The molecule has 0 radical (unpaired) electrons. The molecule has 0 aliphatic rings. The molecule has 19 heavy (non-hydrogen) atoms. The molecule has 2 heterocycles. The fourth-order valence-electron chi connectivity index (χ4n) is 1.77. The predicted octanol–water partition coefficient (Wildman–Crippen LogP) is 3.65. The van der Waals surface area contributed by atoms with Gasteiger partial charge < -0.3 is 5.32 Å². The van der Waals surface area contributed by atoms with E-state index in [1.54, 1.807) is 17.5 Å². The van der Waals surface area contributed by atoms with E-state index in [1.807, 2.05) is 12.3 Å². The molecule has 2 rings (SSSR count). The Morgan fingerprint density at radius 3 is 3.00 bits per heavy atom. The van der Waals surface area contributed by atoms with E-state index in [0.717, 1.165) is 12.1 Å². The number of nitrogens with one attached hydrogen (secondary N) is 1. The molecule has 0 amide bonds. The minimum atomic E-state index is -0.0932. The van der Waals surface area contributed by atoms with Crippen LogP contribution in [0.5, 0.6) is 0 Å². The first kappa shape index (κ1) is 14.3. The Hall–Kier alpha value is -1.14. The number of halogens is 1. The van der Waals surface area contributed by atoms with Gasteiger partial charge >= 0.3 is 0 Å². The Morgan fingerprint density at radius 2 is 2.37 bits per heavy atom. The Balaban J connectivity index is 2.22. The van der Waals surface area contributed by atoms with Crippen LogP contribution < -0.4 is 10.9 Å². The summed E-state index contributed by atoms with van der Waals surface area (Å²) in [6.07, 6.45) is 2.58. The average molecular weight is 342 g/mol. The minimum absolute atomic E-state index is 0.0932. The maximum atomic E-state index is 12.1. The molecule has 0 spiro atoms. The van der Waals surface area contributed by atoms with E-state index in [2.05, 4.69) is 44.7 Å². The van der Waals surface area contributed by atoms with Gasteiger partial charge in [-0.05, 0) is 51.7 Å². The second kappa shape index (κ2) is 6.34. The van der Waals surface area contributed by atoms with Crippen LogP contribution in [0.4, 0.5) is 5.69 Å². The zero-order chi connectivity index (χ0) is 13.8. The van der Waals surface area contributed by atoms with Gasteiger partial charge in [-0.15, -0.1) is 0 Å². The van der Waals surface area contributed by atoms with Gasteiger partial charge in [-0.25, -0.2) is 4.68 Å². The molecule has 0 aromatic carbocycles. The van der Waals surface area contributed by atoms with Gasteiger partial charge in [-0.1, -0.05) is 6.92 Å². The highest BCUT2D eigenvalue weighted by Gasteiger charge is 2.12. The van der Waals surface area contributed by atoms with Crippen molar-refractivity contribution in [2.45, 2.75) is 32.9 Å². The summed E-state index contributed by atoms with van der Waals surface area (Å²) >= 11 is 5.02. The van der Waals surface area contributed by atoms with Crippen molar-refractivity contribution in [1.82, 2.24) is 9.78 Å². The standard InChI is InChI=1S/C13H16BrN3OS/c1-3-5-17-13(18)12(14)11(7-15-17)16-9(2)10-4-6-19-8-10/h4,6-9,16H,3,5H2,1-2H3. The number of hydrogen-bond donors (Lipinski definition) is 1. The smallest absolute Gasteiger partial charge is 0.283 e. The zero-order valence-corrected chi connectivity index (χ0v) is 13.3. The predicted molar refractivity (Wildman–Crippen MR) is 82.8 cm³/mol. The molecular weight excluding hydrogens is 326 g/mol. The molecule has 4 nitrogen and oxygen atoms in total. The van der Waals surface area contributed by atoms with E-state index in [9.17, 15) is 4.79 Å². The summed E-state index contributed by atoms with van der Waals surface area (Å²) in [6.45, 7) is 4.72. The van der Waals surface area contributed by atoms with Crippen LogP contribution >= 0.6 is 27.3 Å². The van der Waals surface area contributed by atoms with Crippen LogP contribution in [-0.4, -0.2) is 9.78 Å². The molecule has 0 aliphatic carbocycles. The lowest BCUT2D eigenvalue weighted by atomic mass is 10.2. The molecule has 2 aromatic rings. The van der Waals surface area contributed by atoms with E-state index in [4.69, 9.17) is 0 Å². The van der Waals surface area contributed by atoms with Crippen molar-refractivity contribution < 1.29 is 0 Å². The number of hydrogen-bond acceptors (Lipinski definition) is 4. The van der Waals surface area contributed by atoms with Crippen LogP contribution in [0.1, 0.15) is 31.9 Å². The molecule has 6 heteroatoms. The molecule has 0 saturated carbocycles. The molecule has 0 bridgehead atoms. The molecule has 1 N–H and O–H groups in total. The Labute approximate surface area is 124 Å². The van der Waals surface area contributed by atoms with Gasteiger partial charge in [0.15, 0.2) is 0 Å². The third-order valence-corrected chi connectivity index (χ3v) is 4.30. The summed E-state index contributed by atoms with van der Waals surface area (Å²) < 4.78 is 2.02. The summed E-state index contributed by atoms with van der Waals surface area (Å²) in [7, 11) is 0. The minimum Gasteiger partial charge on any atom is -0.376 e. The van der Waals surface area contributed by atoms with Crippen molar-refractivity contribution >= 4 is 33.0 Å². The fourth-order valence-corrected chi connectivity index (χ4v) is 2.95. The molecule has 1 unspecified atom stereocenters. The molecule has 0 saturated heterocycles. The van der Waals surface area contributed by atoms with Crippen LogP contribution in [0.25, 0.3) is 0 Å². The number of aryl methyl sites for hydroxylation is 1. The van der Waals surface area contributed by atoms with Crippen LogP contribution in [-0.2, 0) is 6.54 Å². The Kier molecular flexibility index (Phi) is 4.76. The Morgan fingerprint density at radius 1 is 1.58 bits per heavy atom. The van der Waals surface area contributed by atoms with Crippen LogP contribution in [0.15, 0.2) is 32.3 Å². The summed E-state index contributed by atoms with van der Waals surface area (Å²) in [4.78, 5) is 12.1. The highest BCUT2D eigenvalue weighted by atomic mass is 79.9. The van der Waals surface area contributed by atoms with Gasteiger partial charge in [0.05, 0.1) is 11.9 Å². The highest BCUT2D eigenvalue weighted by molar-refractivity contribution is 9.10. The number of thiophene rings is 1. The summed E-state index contributed by atoms with van der Waals surface area (Å²) in [5.74, 6) is 0. The van der Waals surface area contributed by atoms with E-state index in [1.165, 1.54) is 10.2 Å². The lowest BCUT2D eigenvalue weighted by Gasteiger charge is -2.15. The lowest BCUT2D eigenvalue weighted by Crippen LogP contribution is -2.24. The quantitative estimate of drug-likeness (QED) is 0.902. The van der Waals surface area contributed by atoms with Crippen molar-refractivity contribution in [2.24, 2.45) is 0 Å². The number of anilines is 1. The normalized spacial score (nSPS) is 12.4. The van der Waals surface area contributed by atoms with Crippen LogP contribution in [0.3, 0.4) is 0 Å². The van der Waals surface area contributed by atoms with Crippen molar-refractivity contribution in [3.05, 3.63) is 43.4 Å². The molecule has 1 atom stereocenters.